The Morgan fingerprint density at radius 3 is 0.991 bits per heavy atom. The Balaban J connectivity index is 0.883. The lowest BCUT2D eigenvalue weighted by Gasteiger charge is -2.30. The Labute approximate surface area is 670 Å². The van der Waals surface area contributed by atoms with Gasteiger partial charge in [0.1, 0.15) is 32.1 Å². The van der Waals surface area contributed by atoms with E-state index in [1.54, 1.807) is 4.90 Å². The molecule has 115 heavy (non-hydrogen) atoms. The average molecular weight is 1580 g/mol. The molecule has 7 aromatic rings. The third-order valence-corrected chi connectivity index (χ3v) is 18.3. The molecule has 0 atom stereocenters. The van der Waals surface area contributed by atoms with Crippen LogP contribution in [0.15, 0.2) is 170 Å². The van der Waals surface area contributed by atoms with Gasteiger partial charge in [-0.15, -0.1) is 5.10 Å². The van der Waals surface area contributed by atoms with Crippen LogP contribution in [0.3, 0.4) is 0 Å². The third kappa shape index (κ3) is 33.5. The molecule has 1 aliphatic rings. The molecule has 8 rings (SSSR count). The molecule has 0 unspecified atom stereocenters. The van der Waals surface area contributed by atoms with E-state index in [-0.39, 0.29) is 237 Å². The lowest BCUT2D eigenvalue weighted by Crippen LogP contribution is -2.41. The number of hydrogen-bond donors (Lipinski definition) is 10. The number of benzene rings is 6. The van der Waals surface area contributed by atoms with Gasteiger partial charge >= 0.3 is 24.4 Å². The summed E-state index contributed by atoms with van der Waals surface area (Å²) in [6.45, 7) is 7.95. The van der Waals surface area contributed by atoms with Crippen molar-refractivity contribution in [1.29, 1.82) is 0 Å². The van der Waals surface area contributed by atoms with Crippen molar-refractivity contribution in [3.63, 3.8) is 0 Å². The van der Waals surface area contributed by atoms with Crippen LogP contribution >= 0.6 is 0 Å². The fourth-order valence-electron chi connectivity index (χ4n) is 12.1. The molecular weight excluding hydrogens is 1480 g/mol. The van der Waals surface area contributed by atoms with Gasteiger partial charge in [-0.1, -0.05) is 183 Å². The standard InChI is InChI=1S/C83H107N17O15/c1-62(2)79(107)99-57-67-27-15-16-28-68(67)78-77(69-29-17-18-30-70(69)99)94-95-100(78)56-55-98(51-35-75(105)88-45-53-96(47-31-71(101)84-37-41-90-80(108)112-58-63-19-7-3-8-20-63)48-32-72(102)85-38-42-91-81(109)113-59-64-21-9-4-10-22-64)52-36-76(106)89-46-54-97(49-33-73(103)86-39-43-92-82(110)114-60-65-23-11-5-12-24-65)50-34-74(104)87-40-44-93-83(111)115-61-66-25-13-6-14-26-66/h3-30,62H,31-61H2,1-2H3,(H,84,101)(H,85,102)(H,86,103)(H,87,104)(H,88,105)(H,89,106)(H,90,108)(H,91,109)(H,92,110)(H,93,111). The molecule has 1 aliphatic heterocycles. The topological polar surface area (TPSA) is 389 Å². The predicted octanol–water partition coefficient (Wildman–Crippen LogP) is 5.76. The highest BCUT2D eigenvalue weighted by molar-refractivity contribution is 6.01. The van der Waals surface area contributed by atoms with Gasteiger partial charge in [-0.05, 0) is 33.9 Å². The van der Waals surface area contributed by atoms with Crippen molar-refractivity contribution in [2.75, 3.05) is 129 Å². The first-order valence-corrected chi connectivity index (χ1v) is 38.9. The number of rotatable bonds is 48. The molecule has 32 nitrogen and oxygen atoms in total. The van der Waals surface area contributed by atoms with E-state index in [1.165, 1.54) is 0 Å². The van der Waals surface area contributed by atoms with Gasteiger partial charge in [0.25, 0.3) is 0 Å². The molecule has 2 heterocycles. The van der Waals surface area contributed by atoms with Gasteiger partial charge in [-0.25, -0.2) is 23.9 Å². The number of nitrogens with one attached hydrogen (secondary N) is 10. The molecule has 0 aliphatic carbocycles. The number of amides is 11. The lowest BCUT2D eigenvalue weighted by molar-refractivity contribution is -0.123. The summed E-state index contributed by atoms with van der Waals surface area (Å²) in [4.78, 5) is 151. The number of hydrogen-bond acceptors (Lipinski definition) is 20. The normalized spacial score (nSPS) is 11.3. The molecule has 0 radical (unpaired) electrons. The minimum absolute atomic E-state index is 0.00517. The van der Waals surface area contributed by atoms with Crippen LogP contribution in [0.5, 0.6) is 0 Å². The molecule has 0 fully saturated rings. The first-order valence-electron chi connectivity index (χ1n) is 38.9. The van der Waals surface area contributed by atoms with Crippen molar-refractivity contribution in [2.24, 2.45) is 5.92 Å². The zero-order valence-corrected chi connectivity index (χ0v) is 65.4. The summed E-state index contributed by atoms with van der Waals surface area (Å²) < 4.78 is 22.9. The summed E-state index contributed by atoms with van der Waals surface area (Å²) in [6.07, 6.45) is -2.42. The summed E-state index contributed by atoms with van der Waals surface area (Å²) in [5.41, 5.74) is 7.75. The van der Waals surface area contributed by atoms with E-state index in [1.807, 2.05) is 203 Å². The molecule has 0 bridgehead atoms. The number of fused-ring (bicyclic) bond motifs is 5. The number of nitrogens with zero attached hydrogens (tertiary/aromatic N) is 7. The van der Waals surface area contributed by atoms with Crippen molar-refractivity contribution < 1.29 is 71.7 Å². The zero-order valence-electron chi connectivity index (χ0n) is 65.4. The summed E-state index contributed by atoms with van der Waals surface area (Å²) in [6, 6.07) is 52.2. The molecule has 11 amide bonds. The van der Waals surface area contributed by atoms with Gasteiger partial charge in [0.15, 0.2) is 0 Å². The van der Waals surface area contributed by atoms with Gasteiger partial charge in [0, 0.05) is 180 Å². The third-order valence-electron chi connectivity index (χ3n) is 18.3. The second-order valence-electron chi connectivity index (χ2n) is 27.3. The molecular formula is C83H107N17O15. The van der Waals surface area contributed by atoms with Gasteiger partial charge < -0.3 is 91.7 Å². The second-order valence-corrected chi connectivity index (χ2v) is 27.3. The number of para-hydroxylation sites is 1. The maximum atomic E-state index is 14.0. The number of alkyl carbamates (subject to hydrolysis) is 4. The number of carbonyl (C=O) groups excluding carboxylic acids is 11. The summed E-state index contributed by atoms with van der Waals surface area (Å²) in [5.74, 6) is -2.19. The second kappa shape index (κ2) is 49.9. The maximum absolute atomic E-state index is 14.0. The molecule has 0 saturated heterocycles. The fourth-order valence-corrected chi connectivity index (χ4v) is 12.1. The lowest BCUT2D eigenvalue weighted by atomic mass is 9.95. The van der Waals surface area contributed by atoms with Crippen LogP contribution in [0.25, 0.3) is 22.5 Å². The van der Waals surface area contributed by atoms with Crippen LogP contribution in [0.2, 0.25) is 0 Å². The van der Waals surface area contributed by atoms with Gasteiger partial charge in [0.05, 0.1) is 24.5 Å². The number of ether oxygens (including phenoxy) is 4. The van der Waals surface area contributed by atoms with Crippen molar-refractivity contribution in [3.05, 3.63) is 198 Å². The summed E-state index contributed by atoms with van der Waals surface area (Å²) in [5, 5.41) is 37.2. The maximum Gasteiger partial charge on any atom is 0.407 e. The van der Waals surface area contributed by atoms with Crippen LogP contribution in [-0.4, -0.2) is 220 Å². The van der Waals surface area contributed by atoms with Crippen molar-refractivity contribution in [2.45, 2.75) is 91.9 Å². The van der Waals surface area contributed by atoms with E-state index < -0.39 is 24.4 Å². The van der Waals surface area contributed by atoms with E-state index in [2.05, 4.69) is 53.2 Å². The van der Waals surface area contributed by atoms with Crippen molar-refractivity contribution in [1.82, 2.24) is 82.9 Å². The highest BCUT2D eigenvalue weighted by Crippen LogP contribution is 2.41. The van der Waals surface area contributed by atoms with Crippen LogP contribution in [0.4, 0.5) is 24.9 Å². The van der Waals surface area contributed by atoms with Crippen LogP contribution in [0, 0.1) is 5.92 Å². The summed E-state index contributed by atoms with van der Waals surface area (Å²) >= 11 is 0. The quantitative estimate of drug-likeness (QED) is 0.0160. The fraction of sp³-hybridized carbons (Fsp3) is 0.410. The van der Waals surface area contributed by atoms with E-state index in [0.717, 1.165) is 44.6 Å². The predicted molar refractivity (Wildman–Crippen MR) is 431 cm³/mol. The summed E-state index contributed by atoms with van der Waals surface area (Å²) in [7, 11) is 0. The van der Waals surface area contributed by atoms with Crippen LogP contribution < -0.4 is 58.1 Å². The highest BCUT2D eigenvalue weighted by atomic mass is 16.6. The molecule has 1 aromatic heterocycles. The van der Waals surface area contributed by atoms with Gasteiger partial charge in [-0.2, -0.15) is 0 Å². The molecule has 10 N–H and O–H groups in total. The number of aromatic nitrogens is 3. The molecule has 0 saturated carbocycles. The molecule has 6 aromatic carbocycles. The minimum atomic E-state index is -0.635. The largest absolute Gasteiger partial charge is 0.445 e. The SMILES string of the molecule is CC(C)C(=O)N1Cc2ccccc2-c2c(nnn2CCN(CCC(=O)NCCN(CCC(=O)NCCNC(=O)OCc2ccccc2)CCC(=O)NCCNC(=O)OCc2ccccc2)CCC(=O)NCCN(CCC(=O)NCCNC(=O)OCc2ccccc2)CCC(=O)NCCNC(=O)OCc2ccccc2)-c2ccccc21. The molecule has 32 heteroatoms. The van der Waals surface area contributed by atoms with Crippen LogP contribution in [-0.2, 0) is 92.0 Å². The van der Waals surface area contributed by atoms with Crippen molar-refractivity contribution >= 4 is 71.4 Å². The van der Waals surface area contributed by atoms with Crippen LogP contribution in [0.1, 0.15) is 80.2 Å². The van der Waals surface area contributed by atoms with E-state index in [0.29, 0.717) is 24.5 Å². The molecule has 614 valence electrons. The number of carbonyl (C=O) groups is 11. The monoisotopic (exact) mass is 1580 g/mol. The zero-order chi connectivity index (χ0) is 81.6. The van der Waals surface area contributed by atoms with Gasteiger partial charge in [0.2, 0.25) is 41.4 Å². The van der Waals surface area contributed by atoms with Crippen molar-refractivity contribution in [3.8, 4) is 22.5 Å². The Hall–Kier alpha value is -12.3. The van der Waals surface area contributed by atoms with Gasteiger partial charge in [-0.3, -0.25) is 33.6 Å². The first kappa shape index (κ1) is 88.3. The average Bonchev–Trinajstić information content (AvgIpc) is 1.67. The van der Waals surface area contributed by atoms with E-state index in [9.17, 15) is 52.7 Å². The minimum Gasteiger partial charge on any atom is -0.445 e. The highest BCUT2D eigenvalue weighted by Gasteiger charge is 2.31. The first-order chi connectivity index (χ1) is 55.9. The molecule has 0 spiro atoms. The van der Waals surface area contributed by atoms with E-state index >= 15 is 0 Å². The Kier molecular flexibility index (Phi) is 38.3. The Morgan fingerprint density at radius 2 is 0.643 bits per heavy atom. The Bertz CT molecular complexity index is 3870. The number of anilines is 1. The van der Waals surface area contributed by atoms with E-state index in [4.69, 9.17) is 29.3 Å². The Morgan fingerprint density at radius 1 is 0.348 bits per heavy atom. The smallest absolute Gasteiger partial charge is 0.407 e.